The molecule has 1 rings (SSSR count). The molecule has 20 heavy (non-hydrogen) atoms. The van der Waals surface area contributed by atoms with Crippen LogP contribution in [0.25, 0.3) is 0 Å². The summed E-state index contributed by atoms with van der Waals surface area (Å²) in [5, 5.41) is 2.91. The van der Waals surface area contributed by atoms with Gasteiger partial charge in [-0.3, -0.25) is 4.79 Å². The second-order valence-corrected chi connectivity index (χ2v) is 5.58. The van der Waals surface area contributed by atoms with Gasteiger partial charge in [-0.1, -0.05) is 57.0 Å². The zero-order chi connectivity index (χ0) is 14.8. The largest absolute Gasteiger partial charge is 0.393 e. The Hall–Kier alpha value is -1.42. The van der Waals surface area contributed by atoms with Crippen LogP contribution < -0.4 is 11.1 Å². The Morgan fingerprint density at radius 2 is 1.80 bits per heavy atom. The highest BCUT2D eigenvalue weighted by Gasteiger charge is 2.02. The molecule has 0 aliphatic carbocycles. The minimum Gasteiger partial charge on any atom is -0.393 e. The molecule has 3 nitrogen and oxygen atoms in total. The second kappa shape index (κ2) is 9.48. The van der Waals surface area contributed by atoms with Crippen molar-refractivity contribution < 1.29 is 4.79 Å². The van der Waals surface area contributed by atoms with Gasteiger partial charge in [-0.25, -0.2) is 0 Å². The number of hydrogen-bond donors (Lipinski definition) is 2. The fourth-order valence-electron chi connectivity index (χ4n) is 2.02. The highest BCUT2D eigenvalue weighted by atomic mass is 32.1. The number of amides is 1. The van der Waals surface area contributed by atoms with E-state index in [0.717, 1.165) is 24.1 Å². The standard InChI is InChI=1S/C16H24N2OS/c1-2-3-4-5-6-7-16(19)18-14-10-8-13(9-11-14)12-15(17)20/h8-11H,2-7,12H2,1H3,(H2,17,20)(H,18,19). The quantitative estimate of drug-likeness (QED) is 0.537. The topological polar surface area (TPSA) is 55.1 Å². The van der Waals surface area contributed by atoms with Gasteiger partial charge in [0.25, 0.3) is 0 Å². The van der Waals surface area contributed by atoms with Crippen LogP contribution in [-0.4, -0.2) is 10.9 Å². The van der Waals surface area contributed by atoms with Gasteiger partial charge in [0.2, 0.25) is 5.91 Å². The van der Waals surface area contributed by atoms with Gasteiger partial charge in [0, 0.05) is 18.5 Å². The van der Waals surface area contributed by atoms with Gasteiger partial charge in [0.1, 0.15) is 0 Å². The zero-order valence-electron chi connectivity index (χ0n) is 12.2. The van der Waals surface area contributed by atoms with E-state index in [1.165, 1.54) is 19.3 Å². The molecule has 0 atom stereocenters. The number of carbonyl (C=O) groups is 1. The summed E-state index contributed by atoms with van der Waals surface area (Å²) in [6.07, 6.45) is 6.99. The number of anilines is 1. The van der Waals surface area contributed by atoms with E-state index < -0.39 is 0 Å². The average Bonchev–Trinajstić information content (AvgIpc) is 2.40. The Labute approximate surface area is 126 Å². The van der Waals surface area contributed by atoms with E-state index in [0.29, 0.717) is 17.8 Å². The van der Waals surface area contributed by atoms with E-state index in [9.17, 15) is 4.79 Å². The molecular weight excluding hydrogens is 268 g/mol. The van der Waals surface area contributed by atoms with E-state index >= 15 is 0 Å². The molecule has 0 saturated heterocycles. The Bertz CT molecular complexity index is 429. The zero-order valence-corrected chi connectivity index (χ0v) is 13.0. The van der Waals surface area contributed by atoms with E-state index in [2.05, 4.69) is 12.2 Å². The van der Waals surface area contributed by atoms with Crippen LogP contribution in [0.4, 0.5) is 5.69 Å². The van der Waals surface area contributed by atoms with Crippen molar-refractivity contribution in [3.05, 3.63) is 29.8 Å². The lowest BCUT2D eigenvalue weighted by atomic mass is 10.1. The average molecular weight is 292 g/mol. The fourth-order valence-corrected chi connectivity index (χ4v) is 2.19. The van der Waals surface area contributed by atoms with Crippen LogP contribution in [0, 0.1) is 0 Å². The normalized spacial score (nSPS) is 10.2. The first-order valence-corrected chi connectivity index (χ1v) is 7.69. The number of thiocarbonyl (C=S) groups is 1. The number of hydrogen-bond acceptors (Lipinski definition) is 2. The lowest BCUT2D eigenvalue weighted by Gasteiger charge is -2.06. The van der Waals surface area contributed by atoms with Gasteiger partial charge in [-0.2, -0.15) is 0 Å². The number of rotatable bonds is 9. The summed E-state index contributed by atoms with van der Waals surface area (Å²) in [6, 6.07) is 7.66. The lowest BCUT2D eigenvalue weighted by molar-refractivity contribution is -0.116. The Balaban J connectivity index is 2.29. The van der Waals surface area contributed by atoms with E-state index in [1.807, 2.05) is 24.3 Å². The minimum absolute atomic E-state index is 0.0867. The van der Waals surface area contributed by atoms with Crippen LogP contribution in [0.15, 0.2) is 24.3 Å². The molecule has 4 heteroatoms. The molecule has 1 aromatic carbocycles. The third-order valence-corrected chi connectivity index (χ3v) is 3.27. The fraction of sp³-hybridized carbons (Fsp3) is 0.500. The van der Waals surface area contributed by atoms with Crippen LogP contribution >= 0.6 is 12.2 Å². The summed E-state index contributed by atoms with van der Waals surface area (Å²) < 4.78 is 0. The number of benzene rings is 1. The molecule has 0 bridgehead atoms. The number of carbonyl (C=O) groups excluding carboxylic acids is 1. The predicted molar refractivity (Wildman–Crippen MR) is 88.9 cm³/mol. The smallest absolute Gasteiger partial charge is 0.224 e. The second-order valence-electron chi connectivity index (χ2n) is 5.05. The minimum atomic E-state index is 0.0867. The van der Waals surface area contributed by atoms with E-state index in [-0.39, 0.29) is 5.91 Å². The predicted octanol–water partition coefficient (Wildman–Crippen LogP) is 3.81. The van der Waals surface area contributed by atoms with Crippen molar-refractivity contribution in [3.8, 4) is 0 Å². The molecule has 0 heterocycles. The SMILES string of the molecule is CCCCCCCC(=O)Nc1ccc(CC(N)=S)cc1. The summed E-state index contributed by atoms with van der Waals surface area (Å²) in [5.41, 5.74) is 7.39. The third-order valence-electron chi connectivity index (χ3n) is 3.12. The molecule has 0 aromatic heterocycles. The molecule has 0 unspecified atom stereocenters. The van der Waals surface area contributed by atoms with Crippen molar-refractivity contribution in [2.45, 2.75) is 51.9 Å². The summed E-state index contributed by atoms with van der Waals surface area (Å²) in [6.45, 7) is 2.19. The van der Waals surface area contributed by atoms with Gasteiger partial charge < -0.3 is 11.1 Å². The van der Waals surface area contributed by atoms with Gasteiger partial charge in [-0.15, -0.1) is 0 Å². The van der Waals surface area contributed by atoms with Crippen LogP contribution in [0.5, 0.6) is 0 Å². The summed E-state index contributed by atoms with van der Waals surface area (Å²) >= 11 is 4.87. The third kappa shape index (κ3) is 7.24. The first-order valence-electron chi connectivity index (χ1n) is 7.29. The van der Waals surface area contributed by atoms with Crippen molar-refractivity contribution in [2.24, 2.45) is 5.73 Å². The van der Waals surface area contributed by atoms with Gasteiger partial charge in [0.05, 0.1) is 4.99 Å². The lowest BCUT2D eigenvalue weighted by Crippen LogP contribution is -2.12. The van der Waals surface area contributed by atoms with Gasteiger partial charge in [-0.05, 0) is 24.1 Å². The van der Waals surface area contributed by atoms with Gasteiger partial charge >= 0.3 is 0 Å². The molecule has 0 saturated carbocycles. The molecule has 3 N–H and O–H groups in total. The summed E-state index contributed by atoms with van der Waals surface area (Å²) in [4.78, 5) is 12.2. The molecule has 0 spiro atoms. The molecule has 1 aromatic rings. The van der Waals surface area contributed by atoms with E-state index in [4.69, 9.17) is 18.0 Å². The first-order chi connectivity index (χ1) is 9.61. The summed E-state index contributed by atoms with van der Waals surface area (Å²) in [5.74, 6) is 0.0867. The Morgan fingerprint density at radius 3 is 2.40 bits per heavy atom. The maximum absolute atomic E-state index is 11.8. The van der Waals surface area contributed by atoms with Crippen molar-refractivity contribution in [3.63, 3.8) is 0 Å². The number of unbranched alkanes of at least 4 members (excludes halogenated alkanes) is 4. The van der Waals surface area contributed by atoms with Crippen LogP contribution in [-0.2, 0) is 11.2 Å². The van der Waals surface area contributed by atoms with Crippen molar-refractivity contribution in [1.82, 2.24) is 0 Å². The van der Waals surface area contributed by atoms with Crippen molar-refractivity contribution in [2.75, 3.05) is 5.32 Å². The van der Waals surface area contributed by atoms with Crippen molar-refractivity contribution >= 4 is 28.8 Å². The molecule has 0 radical (unpaired) electrons. The molecule has 1 amide bonds. The molecule has 0 fully saturated rings. The van der Waals surface area contributed by atoms with Crippen LogP contribution in [0.2, 0.25) is 0 Å². The molecule has 110 valence electrons. The van der Waals surface area contributed by atoms with Crippen LogP contribution in [0.3, 0.4) is 0 Å². The van der Waals surface area contributed by atoms with Gasteiger partial charge in [0.15, 0.2) is 0 Å². The van der Waals surface area contributed by atoms with Crippen molar-refractivity contribution in [1.29, 1.82) is 0 Å². The molecular formula is C16H24N2OS. The number of nitrogens with two attached hydrogens (primary N) is 1. The van der Waals surface area contributed by atoms with E-state index in [1.54, 1.807) is 0 Å². The summed E-state index contributed by atoms with van der Waals surface area (Å²) in [7, 11) is 0. The Morgan fingerprint density at radius 1 is 1.15 bits per heavy atom. The Kier molecular flexibility index (Phi) is 7.88. The van der Waals surface area contributed by atoms with Crippen LogP contribution in [0.1, 0.15) is 51.0 Å². The highest BCUT2D eigenvalue weighted by molar-refractivity contribution is 7.80. The first kappa shape index (κ1) is 16.6. The molecule has 0 aliphatic heterocycles. The molecule has 0 aliphatic rings. The maximum atomic E-state index is 11.8. The maximum Gasteiger partial charge on any atom is 0.224 e. The number of nitrogens with one attached hydrogen (secondary N) is 1. The monoisotopic (exact) mass is 292 g/mol. The highest BCUT2D eigenvalue weighted by Crippen LogP contribution is 2.12.